The zero-order chi connectivity index (χ0) is 35.9. The number of halogens is 1. The fraction of sp³-hybridized carbons (Fsp3) is 0.979. The summed E-state index contributed by atoms with van der Waals surface area (Å²) in [5.74, 6) is 5.74. The van der Waals surface area contributed by atoms with Gasteiger partial charge in [-0.1, -0.05) is 130 Å². The highest BCUT2D eigenvalue weighted by Gasteiger charge is 2.60. The van der Waals surface area contributed by atoms with Crippen LogP contribution in [0.5, 0.6) is 0 Å². The van der Waals surface area contributed by atoms with Crippen molar-refractivity contribution in [2.75, 3.05) is 33.7 Å². The van der Waals surface area contributed by atoms with Crippen molar-refractivity contribution in [2.45, 2.75) is 214 Å². The van der Waals surface area contributed by atoms with Crippen molar-refractivity contribution < 1.29 is 33.3 Å². The van der Waals surface area contributed by atoms with E-state index in [2.05, 4.69) is 47.1 Å². The van der Waals surface area contributed by atoms with Gasteiger partial charge >= 0.3 is 0 Å². The molecule has 4 fully saturated rings. The van der Waals surface area contributed by atoms with Gasteiger partial charge in [0.2, 0.25) is 5.91 Å². The fourth-order valence-electron chi connectivity index (χ4n) is 12.9. The average Bonchev–Trinajstić information content (AvgIpc) is 3.46. The number of unbranched alkanes of at least 4 members (excludes halogenated alkanes) is 15. The van der Waals surface area contributed by atoms with Gasteiger partial charge < -0.3 is 33.8 Å². The number of rotatable bonds is 25. The number of hydrogen-bond donors (Lipinski definition) is 1. The van der Waals surface area contributed by atoms with Crippen molar-refractivity contribution in [2.24, 2.45) is 46.3 Å². The molecule has 8 atom stereocenters. The van der Waals surface area contributed by atoms with Crippen LogP contribution >= 0.6 is 0 Å². The molecular weight excluding hydrogens is 735 g/mol. The molecule has 0 aliphatic heterocycles. The van der Waals surface area contributed by atoms with Crippen LogP contribution in [0.2, 0.25) is 0 Å². The highest BCUT2D eigenvalue weighted by molar-refractivity contribution is 5.75. The number of nitrogens with one attached hydrogen (secondary N) is 1. The molecule has 3 nitrogen and oxygen atoms in total. The summed E-state index contributed by atoms with van der Waals surface area (Å²) < 4.78 is 1.09. The second-order valence-electron chi connectivity index (χ2n) is 20.0. The zero-order valence-electron chi connectivity index (χ0n) is 35.3. The van der Waals surface area contributed by atoms with E-state index in [1.165, 1.54) is 180 Å². The summed E-state index contributed by atoms with van der Waals surface area (Å²) in [6.07, 6.45) is 40.7. The number of hydrogen-bond acceptors (Lipinski definition) is 1. The molecule has 0 spiro atoms. The predicted molar refractivity (Wildman–Crippen MR) is 217 cm³/mol. The second kappa shape index (κ2) is 23.3. The summed E-state index contributed by atoms with van der Waals surface area (Å²) in [5.41, 5.74) is 1.16. The molecule has 4 heteroatoms. The van der Waals surface area contributed by atoms with Gasteiger partial charge in [0, 0.05) is 19.4 Å². The van der Waals surface area contributed by atoms with Crippen molar-refractivity contribution in [3.05, 3.63) is 0 Å². The third kappa shape index (κ3) is 13.7. The molecule has 0 saturated heterocycles. The fourth-order valence-corrected chi connectivity index (χ4v) is 12.9. The highest BCUT2D eigenvalue weighted by Crippen LogP contribution is 2.68. The van der Waals surface area contributed by atoms with E-state index in [-0.39, 0.29) is 24.0 Å². The Morgan fingerprint density at radius 3 is 1.86 bits per heavy atom. The van der Waals surface area contributed by atoms with Gasteiger partial charge in [0.1, 0.15) is 0 Å². The van der Waals surface area contributed by atoms with Crippen molar-refractivity contribution in [1.29, 1.82) is 0 Å². The Kier molecular flexibility index (Phi) is 20.8. The van der Waals surface area contributed by atoms with Gasteiger partial charge in [0.05, 0.1) is 27.2 Å². The van der Waals surface area contributed by atoms with Crippen LogP contribution in [0.15, 0.2) is 0 Å². The van der Waals surface area contributed by atoms with Gasteiger partial charge in [-0.05, 0) is 117 Å². The lowest BCUT2D eigenvalue weighted by molar-refractivity contribution is -0.890. The molecule has 4 aliphatic carbocycles. The van der Waals surface area contributed by atoms with E-state index in [4.69, 9.17) is 0 Å². The summed E-state index contributed by atoms with van der Waals surface area (Å²) >= 11 is 0. The van der Waals surface area contributed by atoms with Gasteiger partial charge in [-0.3, -0.25) is 4.79 Å². The van der Waals surface area contributed by atoms with Crippen LogP contribution in [0.3, 0.4) is 0 Å². The standard InChI is InChI=1S/C47H88N2O.HI/c1-7-8-9-10-11-12-13-14-15-16-17-18-19-20-21-24-37-49(5,6)38-25-36-48-45(50)32-27-39(2)42-30-31-43-41-29-28-40-26-22-23-34-46(40,3)44(41)33-35-47(42,43)4;/h39-44H,7-38H2,1-6H3;1H/t39-,40?,41+,42-,43+,44+,46+,47-;/m1./s1. The van der Waals surface area contributed by atoms with Crippen LogP contribution in [0.4, 0.5) is 0 Å². The molecule has 51 heavy (non-hydrogen) atoms. The predicted octanol–water partition coefficient (Wildman–Crippen LogP) is 10.3. The van der Waals surface area contributed by atoms with Crippen LogP contribution in [0.25, 0.3) is 0 Å². The van der Waals surface area contributed by atoms with Gasteiger partial charge in [0.15, 0.2) is 0 Å². The Balaban J connectivity index is 0.00000702. The number of carbonyl (C=O) groups is 1. The monoisotopic (exact) mass is 825 g/mol. The molecule has 0 heterocycles. The van der Waals surface area contributed by atoms with E-state index >= 15 is 0 Å². The maximum absolute atomic E-state index is 12.9. The molecule has 0 aromatic heterocycles. The molecule has 1 amide bonds. The summed E-state index contributed by atoms with van der Waals surface area (Å²) in [6, 6.07) is 0. The first-order valence-corrected chi connectivity index (χ1v) is 23.2. The molecule has 1 N–H and O–H groups in total. The lowest BCUT2D eigenvalue weighted by atomic mass is 9.44. The van der Waals surface area contributed by atoms with Crippen LogP contribution in [-0.2, 0) is 4.79 Å². The average molecular weight is 825 g/mol. The summed E-state index contributed by atoms with van der Waals surface area (Å²) in [5, 5.41) is 3.31. The topological polar surface area (TPSA) is 29.1 Å². The number of nitrogens with zero attached hydrogens (tertiary/aromatic N) is 1. The van der Waals surface area contributed by atoms with Crippen LogP contribution in [-0.4, -0.2) is 44.1 Å². The lowest BCUT2D eigenvalue weighted by Gasteiger charge is -2.61. The second-order valence-corrected chi connectivity index (χ2v) is 20.0. The van der Waals surface area contributed by atoms with Crippen LogP contribution in [0, 0.1) is 46.3 Å². The van der Waals surface area contributed by atoms with Crippen LogP contribution < -0.4 is 29.3 Å². The van der Waals surface area contributed by atoms with Crippen molar-refractivity contribution >= 4 is 5.91 Å². The third-order valence-corrected chi connectivity index (χ3v) is 16.0. The van der Waals surface area contributed by atoms with Gasteiger partial charge in [-0.15, -0.1) is 0 Å². The summed E-state index contributed by atoms with van der Waals surface area (Å²) in [4.78, 5) is 12.9. The molecule has 1 unspecified atom stereocenters. The molecular formula is C47H89IN2O. The first kappa shape index (κ1) is 45.5. The minimum absolute atomic E-state index is 0. The van der Waals surface area contributed by atoms with Gasteiger partial charge in [-0.25, -0.2) is 0 Å². The van der Waals surface area contributed by atoms with Gasteiger partial charge in [-0.2, -0.15) is 0 Å². The minimum Gasteiger partial charge on any atom is -1.00 e. The van der Waals surface area contributed by atoms with E-state index in [1.54, 1.807) is 0 Å². The molecule has 0 bridgehead atoms. The van der Waals surface area contributed by atoms with Crippen molar-refractivity contribution in [1.82, 2.24) is 5.32 Å². The van der Waals surface area contributed by atoms with E-state index in [9.17, 15) is 4.79 Å². The quantitative estimate of drug-likeness (QED) is 0.0555. The first-order chi connectivity index (χ1) is 24.1. The molecule has 4 aliphatic rings. The maximum Gasteiger partial charge on any atom is 0.220 e. The normalized spacial score (nSPS) is 30.9. The summed E-state index contributed by atoms with van der Waals surface area (Å²) in [6.45, 7) is 13.5. The van der Waals surface area contributed by atoms with Gasteiger partial charge in [0.25, 0.3) is 0 Å². The van der Waals surface area contributed by atoms with E-state index < -0.39 is 0 Å². The molecule has 300 valence electrons. The lowest BCUT2D eigenvalue weighted by Crippen LogP contribution is -3.00. The Morgan fingerprint density at radius 1 is 0.667 bits per heavy atom. The maximum atomic E-state index is 12.9. The van der Waals surface area contributed by atoms with Crippen molar-refractivity contribution in [3.63, 3.8) is 0 Å². The SMILES string of the molecule is CCCCCCCCCCCCCCCCCC[N+](C)(C)CCCNC(=O)CC[C@@H](C)[C@H]1CC[C@H]2[C@@H]3CCC4CCCC[C@]4(C)[C@H]3CC[C@]12C.[I-]. The Labute approximate surface area is 336 Å². The molecule has 0 aromatic carbocycles. The first-order valence-electron chi connectivity index (χ1n) is 23.2. The largest absolute Gasteiger partial charge is 1.00 e. The minimum atomic E-state index is 0. The number of fused-ring (bicyclic) bond motifs is 5. The Morgan fingerprint density at radius 2 is 1.24 bits per heavy atom. The third-order valence-electron chi connectivity index (χ3n) is 16.0. The molecule has 4 rings (SSSR count). The Hall–Kier alpha value is 0.160. The smallest absolute Gasteiger partial charge is 0.220 e. The number of carbonyl (C=O) groups excluding carboxylic acids is 1. The molecule has 4 saturated carbocycles. The molecule has 0 radical (unpaired) electrons. The summed E-state index contributed by atoms with van der Waals surface area (Å²) in [7, 11) is 4.78. The Bertz CT molecular complexity index is 953. The van der Waals surface area contributed by atoms with E-state index in [0.29, 0.717) is 22.7 Å². The molecule has 0 aromatic rings. The van der Waals surface area contributed by atoms with E-state index in [0.717, 1.165) is 59.9 Å². The highest BCUT2D eigenvalue weighted by atomic mass is 127. The number of quaternary nitrogens is 1. The number of amides is 1. The van der Waals surface area contributed by atoms with E-state index in [1.807, 2.05) is 0 Å². The van der Waals surface area contributed by atoms with Crippen LogP contribution in [0.1, 0.15) is 214 Å². The van der Waals surface area contributed by atoms with Crippen molar-refractivity contribution in [3.8, 4) is 0 Å². The zero-order valence-corrected chi connectivity index (χ0v) is 37.5.